The molecule has 3 heterocycles. The molecule has 1 aliphatic heterocycles. The summed E-state index contributed by atoms with van der Waals surface area (Å²) in [5, 5.41) is 17.0. The lowest BCUT2D eigenvalue weighted by Crippen LogP contribution is -2.38. The molecular formula is C11H11FN6O2. The molecule has 0 spiro atoms. The minimum absolute atomic E-state index is 0.219. The van der Waals surface area contributed by atoms with Gasteiger partial charge in [0.15, 0.2) is 5.82 Å². The fourth-order valence-electron chi connectivity index (χ4n) is 2.28. The van der Waals surface area contributed by atoms with Gasteiger partial charge in [-0.3, -0.25) is 4.90 Å². The average molecular weight is 278 g/mol. The van der Waals surface area contributed by atoms with Crippen LogP contribution >= 0.6 is 0 Å². The quantitative estimate of drug-likeness (QED) is 0.828. The molecule has 1 amide bonds. The van der Waals surface area contributed by atoms with Gasteiger partial charge in [-0.2, -0.15) is 4.68 Å². The molecule has 1 unspecified atom stereocenters. The Morgan fingerprint density at radius 1 is 1.45 bits per heavy atom. The highest BCUT2D eigenvalue weighted by atomic mass is 19.1. The predicted molar refractivity (Wildman–Crippen MR) is 63.8 cm³/mol. The molecule has 0 radical (unpaired) electrons. The normalized spacial score (nSPS) is 17.9. The number of nitrogens with zero attached hydrogens (tertiary/aromatic N) is 6. The van der Waals surface area contributed by atoms with Crippen molar-refractivity contribution < 1.29 is 14.3 Å². The van der Waals surface area contributed by atoms with Gasteiger partial charge >= 0.3 is 6.09 Å². The van der Waals surface area contributed by atoms with Crippen LogP contribution in [0.3, 0.4) is 0 Å². The van der Waals surface area contributed by atoms with Crippen LogP contribution in [-0.2, 0) is 6.42 Å². The summed E-state index contributed by atoms with van der Waals surface area (Å²) in [6, 6.07) is -0.384. The van der Waals surface area contributed by atoms with Gasteiger partial charge in [-0.15, -0.1) is 5.10 Å². The molecule has 0 fully saturated rings. The third kappa shape index (κ3) is 1.87. The Hall–Kier alpha value is -2.58. The lowest BCUT2D eigenvalue weighted by molar-refractivity contribution is 0.123. The number of aromatic nitrogens is 5. The van der Waals surface area contributed by atoms with Crippen molar-refractivity contribution in [2.75, 3.05) is 6.54 Å². The SMILES string of the molecule is CC1c2nnn(-c3ncc(F)cn3)c2CCN1C(=O)O. The van der Waals surface area contributed by atoms with Gasteiger partial charge in [0.25, 0.3) is 5.95 Å². The Morgan fingerprint density at radius 2 is 2.15 bits per heavy atom. The van der Waals surface area contributed by atoms with Crippen LogP contribution in [0.4, 0.5) is 9.18 Å². The highest BCUT2D eigenvalue weighted by Crippen LogP contribution is 2.28. The van der Waals surface area contributed by atoms with E-state index in [0.29, 0.717) is 18.7 Å². The molecule has 2 aromatic heterocycles. The van der Waals surface area contributed by atoms with Gasteiger partial charge in [0, 0.05) is 13.0 Å². The van der Waals surface area contributed by atoms with E-state index in [2.05, 4.69) is 20.3 Å². The zero-order valence-corrected chi connectivity index (χ0v) is 10.6. The second kappa shape index (κ2) is 4.51. The number of amides is 1. The van der Waals surface area contributed by atoms with E-state index in [1.165, 1.54) is 9.58 Å². The van der Waals surface area contributed by atoms with Crippen LogP contribution in [0.2, 0.25) is 0 Å². The van der Waals surface area contributed by atoms with Crippen molar-refractivity contribution in [1.82, 2.24) is 29.9 Å². The Morgan fingerprint density at radius 3 is 2.80 bits per heavy atom. The summed E-state index contributed by atoms with van der Waals surface area (Å²) in [6.45, 7) is 2.09. The lowest BCUT2D eigenvalue weighted by Gasteiger charge is -2.29. The molecule has 0 saturated carbocycles. The van der Waals surface area contributed by atoms with Gasteiger partial charge in [0.2, 0.25) is 0 Å². The Balaban J connectivity index is 2.00. The molecule has 1 atom stereocenters. The highest BCUT2D eigenvalue weighted by molar-refractivity contribution is 5.66. The molecule has 2 aromatic rings. The average Bonchev–Trinajstić information content (AvgIpc) is 2.84. The topological polar surface area (TPSA) is 97.0 Å². The molecule has 0 aromatic carbocycles. The smallest absolute Gasteiger partial charge is 0.407 e. The van der Waals surface area contributed by atoms with Crippen LogP contribution in [0.25, 0.3) is 5.95 Å². The van der Waals surface area contributed by atoms with Crippen LogP contribution in [0.1, 0.15) is 24.4 Å². The third-order valence-electron chi connectivity index (χ3n) is 3.29. The monoisotopic (exact) mass is 278 g/mol. The zero-order chi connectivity index (χ0) is 14.3. The van der Waals surface area contributed by atoms with E-state index >= 15 is 0 Å². The maximum Gasteiger partial charge on any atom is 0.407 e. The molecule has 0 saturated heterocycles. The first-order chi connectivity index (χ1) is 9.58. The minimum atomic E-state index is -0.990. The Labute approximate surface area is 112 Å². The van der Waals surface area contributed by atoms with E-state index in [1.807, 2.05) is 0 Å². The van der Waals surface area contributed by atoms with Gasteiger partial charge in [-0.25, -0.2) is 19.2 Å². The van der Waals surface area contributed by atoms with Crippen molar-refractivity contribution in [3.8, 4) is 5.95 Å². The third-order valence-corrected chi connectivity index (χ3v) is 3.29. The fourth-order valence-corrected chi connectivity index (χ4v) is 2.28. The molecule has 20 heavy (non-hydrogen) atoms. The van der Waals surface area contributed by atoms with Crippen molar-refractivity contribution in [2.45, 2.75) is 19.4 Å². The van der Waals surface area contributed by atoms with Gasteiger partial charge in [0.05, 0.1) is 24.1 Å². The summed E-state index contributed by atoms with van der Waals surface area (Å²) in [6.07, 6.45) is 1.56. The maximum absolute atomic E-state index is 12.8. The van der Waals surface area contributed by atoms with E-state index in [-0.39, 0.29) is 12.0 Å². The summed E-state index contributed by atoms with van der Waals surface area (Å²) in [5.41, 5.74) is 1.33. The largest absolute Gasteiger partial charge is 0.465 e. The van der Waals surface area contributed by atoms with Gasteiger partial charge in [-0.1, -0.05) is 5.21 Å². The number of hydrogen-bond acceptors (Lipinski definition) is 5. The summed E-state index contributed by atoms with van der Waals surface area (Å²) >= 11 is 0. The van der Waals surface area contributed by atoms with Crippen molar-refractivity contribution in [2.24, 2.45) is 0 Å². The number of fused-ring (bicyclic) bond motifs is 1. The molecule has 1 N–H and O–H groups in total. The maximum atomic E-state index is 12.8. The van der Waals surface area contributed by atoms with E-state index in [4.69, 9.17) is 5.11 Å². The van der Waals surface area contributed by atoms with Crippen LogP contribution in [0.5, 0.6) is 0 Å². The molecule has 104 valence electrons. The zero-order valence-electron chi connectivity index (χ0n) is 10.6. The number of carboxylic acid groups (broad SMARTS) is 1. The lowest BCUT2D eigenvalue weighted by atomic mass is 10.0. The van der Waals surface area contributed by atoms with Gasteiger partial charge in [-0.05, 0) is 6.92 Å². The van der Waals surface area contributed by atoms with Crippen molar-refractivity contribution in [1.29, 1.82) is 0 Å². The van der Waals surface area contributed by atoms with Crippen LogP contribution in [-0.4, -0.2) is 47.6 Å². The van der Waals surface area contributed by atoms with Crippen LogP contribution < -0.4 is 0 Å². The minimum Gasteiger partial charge on any atom is -0.465 e. The van der Waals surface area contributed by atoms with E-state index in [9.17, 15) is 9.18 Å². The number of hydrogen-bond donors (Lipinski definition) is 1. The summed E-state index contributed by atoms with van der Waals surface area (Å²) in [5.74, 6) is -0.315. The molecule has 1 aliphatic rings. The Kier molecular flexibility index (Phi) is 2.81. The molecule has 0 bridgehead atoms. The number of rotatable bonds is 1. The number of carbonyl (C=O) groups is 1. The first-order valence-corrected chi connectivity index (χ1v) is 6.00. The van der Waals surface area contributed by atoms with Crippen LogP contribution in [0, 0.1) is 5.82 Å². The van der Waals surface area contributed by atoms with Gasteiger partial charge in [0.1, 0.15) is 5.69 Å². The molecule has 8 nitrogen and oxygen atoms in total. The van der Waals surface area contributed by atoms with Gasteiger partial charge < -0.3 is 5.11 Å². The van der Waals surface area contributed by atoms with E-state index in [1.54, 1.807) is 6.92 Å². The van der Waals surface area contributed by atoms with Crippen molar-refractivity contribution >= 4 is 6.09 Å². The second-order valence-electron chi connectivity index (χ2n) is 4.44. The van der Waals surface area contributed by atoms with Crippen LogP contribution in [0.15, 0.2) is 12.4 Å². The first-order valence-electron chi connectivity index (χ1n) is 6.00. The molecule has 9 heteroatoms. The van der Waals surface area contributed by atoms with E-state index < -0.39 is 11.9 Å². The molecule has 0 aliphatic carbocycles. The highest BCUT2D eigenvalue weighted by Gasteiger charge is 2.32. The predicted octanol–water partition coefficient (Wildman–Crippen LogP) is 0.794. The Bertz CT molecular complexity index is 655. The fraction of sp³-hybridized carbons (Fsp3) is 0.364. The summed E-state index contributed by atoms with van der Waals surface area (Å²) in [4.78, 5) is 20.1. The molecule has 3 rings (SSSR count). The summed E-state index contributed by atoms with van der Waals surface area (Å²) < 4.78 is 14.2. The summed E-state index contributed by atoms with van der Waals surface area (Å²) in [7, 11) is 0. The standard InChI is InChI=1S/C11H11FN6O2/c1-6-9-8(2-3-17(6)11(19)20)18(16-15-9)10-13-4-7(12)5-14-10/h4-6H,2-3H2,1H3,(H,19,20). The van der Waals surface area contributed by atoms with E-state index in [0.717, 1.165) is 18.1 Å². The number of halogens is 1. The second-order valence-corrected chi connectivity index (χ2v) is 4.44. The first kappa shape index (κ1) is 12.5. The van der Waals surface area contributed by atoms with Crippen molar-refractivity contribution in [3.63, 3.8) is 0 Å². The molecular weight excluding hydrogens is 267 g/mol. The van der Waals surface area contributed by atoms with Crippen molar-refractivity contribution in [3.05, 3.63) is 29.6 Å².